The number of benzene rings is 1. The molecule has 0 fully saturated rings. The Morgan fingerprint density at radius 2 is 1.93 bits per heavy atom. The SMILES string of the molecule is COCCn1c(=O)c2sccc2n(CC(=O)NC(C)CCc2ccccc2)c1=O. The molecule has 1 atom stereocenters. The van der Waals surface area contributed by atoms with Crippen LogP contribution in [0.15, 0.2) is 51.4 Å². The maximum absolute atomic E-state index is 12.8. The van der Waals surface area contributed by atoms with Crippen molar-refractivity contribution < 1.29 is 9.53 Å². The number of ether oxygens (including phenoxy) is 1. The quantitative estimate of drug-likeness (QED) is 0.580. The topological polar surface area (TPSA) is 82.3 Å². The molecule has 154 valence electrons. The number of methoxy groups -OCH3 is 1. The van der Waals surface area contributed by atoms with Gasteiger partial charge in [0.1, 0.15) is 11.2 Å². The molecule has 29 heavy (non-hydrogen) atoms. The van der Waals surface area contributed by atoms with Crippen LogP contribution in [0.2, 0.25) is 0 Å². The van der Waals surface area contributed by atoms with Gasteiger partial charge in [-0.1, -0.05) is 30.3 Å². The van der Waals surface area contributed by atoms with Crippen molar-refractivity contribution in [3.8, 4) is 0 Å². The summed E-state index contributed by atoms with van der Waals surface area (Å²) in [6.45, 7) is 2.21. The molecule has 0 spiro atoms. The first kappa shape index (κ1) is 21.0. The highest BCUT2D eigenvalue weighted by molar-refractivity contribution is 7.17. The number of rotatable bonds is 9. The number of carbonyl (C=O) groups is 1. The molecule has 1 amide bonds. The van der Waals surface area contributed by atoms with Crippen LogP contribution in [0.25, 0.3) is 10.2 Å². The first-order valence-electron chi connectivity index (χ1n) is 9.54. The van der Waals surface area contributed by atoms with Crippen LogP contribution in [-0.2, 0) is 29.0 Å². The third kappa shape index (κ3) is 5.02. The minimum Gasteiger partial charge on any atom is -0.383 e. The number of fused-ring (bicyclic) bond motifs is 1. The lowest BCUT2D eigenvalue weighted by Crippen LogP contribution is -2.44. The molecule has 0 saturated carbocycles. The summed E-state index contributed by atoms with van der Waals surface area (Å²) in [5.74, 6) is -0.253. The average Bonchev–Trinajstić information content (AvgIpc) is 3.20. The van der Waals surface area contributed by atoms with Gasteiger partial charge in [0.2, 0.25) is 5.91 Å². The normalized spacial score (nSPS) is 12.2. The van der Waals surface area contributed by atoms with Gasteiger partial charge < -0.3 is 10.1 Å². The second-order valence-corrected chi connectivity index (χ2v) is 7.86. The second-order valence-electron chi connectivity index (χ2n) is 6.95. The van der Waals surface area contributed by atoms with Crippen LogP contribution in [0, 0.1) is 0 Å². The van der Waals surface area contributed by atoms with Crippen LogP contribution >= 0.6 is 11.3 Å². The molecule has 7 nitrogen and oxygen atoms in total. The summed E-state index contributed by atoms with van der Waals surface area (Å²) < 4.78 is 7.96. The van der Waals surface area contributed by atoms with Crippen molar-refractivity contribution in [2.24, 2.45) is 0 Å². The van der Waals surface area contributed by atoms with Gasteiger partial charge in [-0.05, 0) is 36.8 Å². The van der Waals surface area contributed by atoms with Crippen molar-refractivity contribution in [1.82, 2.24) is 14.5 Å². The highest BCUT2D eigenvalue weighted by Crippen LogP contribution is 2.15. The van der Waals surface area contributed by atoms with Crippen molar-refractivity contribution >= 4 is 27.5 Å². The summed E-state index contributed by atoms with van der Waals surface area (Å²) in [7, 11) is 1.51. The lowest BCUT2D eigenvalue weighted by Gasteiger charge is -2.16. The summed E-state index contributed by atoms with van der Waals surface area (Å²) in [5, 5.41) is 4.71. The van der Waals surface area contributed by atoms with E-state index < -0.39 is 5.69 Å². The molecule has 8 heteroatoms. The summed E-state index contributed by atoms with van der Waals surface area (Å²) in [4.78, 5) is 38.0. The zero-order valence-corrected chi connectivity index (χ0v) is 17.4. The van der Waals surface area contributed by atoms with Gasteiger partial charge in [0, 0.05) is 13.2 Å². The van der Waals surface area contributed by atoms with Crippen molar-refractivity contribution in [3.63, 3.8) is 0 Å². The number of nitrogens with zero attached hydrogens (tertiary/aromatic N) is 2. The van der Waals surface area contributed by atoms with Gasteiger partial charge in [0.25, 0.3) is 5.56 Å². The maximum atomic E-state index is 12.8. The highest BCUT2D eigenvalue weighted by atomic mass is 32.1. The fraction of sp³-hybridized carbons (Fsp3) is 0.381. The Balaban J connectivity index is 1.73. The number of hydrogen-bond acceptors (Lipinski definition) is 5. The number of amides is 1. The number of nitrogens with one attached hydrogen (secondary N) is 1. The Morgan fingerprint density at radius 1 is 1.17 bits per heavy atom. The van der Waals surface area contributed by atoms with Crippen molar-refractivity contribution in [1.29, 1.82) is 0 Å². The molecule has 3 rings (SSSR count). The molecule has 2 heterocycles. The van der Waals surface area contributed by atoms with E-state index in [2.05, 4.69) is 17.4 Å². The maximum Gasteiger partial charge on any atom is 0.332 e. The fourth-order valence-electron chi connectivity index (χ4n) is 3.23. The first-order chi connectivity index (χ1) is 14.0. The van der Waals surface area contributed by atoms with Gasteiger partial charge in [-0.2, -0.15) is 0 Å². The van der Waals surface area contributed by atoms with E-state index in [1.165, 1.54) is 28.6 Å². The van der Waals surface area contributed by atoms with Crippen LogP contribution in [0.1, 0.15) is 18.9 Å². The van der Waals surface area contributed by atoms with Crippen molar-refractivity contribution in [2.45, 2.75) is 38.9 Å². The summed E-state index contributed by atoms with van der Waals surface area (Å²) in [6, 6.07) is 11.8. The Labute approximate surface area is 172 Å². The summed E-state index contributed by atoms with van der Waals surface area (Å²) in [5.41, 5.74) is 0.871. The Kier molecular flexibility index (Phi) is 7.00. The Bertz CT molecular complexity index is 1080. The van der Waals surface area contributed by atoms with E-state index in [0.717, 1.165) is 17.4 Å². The molecule has 1 aromatic carbocycles. The zero-order chi connectivity index (χ0) is 20.8. The van der Waals surface area contributed by atoms with E-state index in [4.69, 9.17) is 4.74 Å². The van der Waals surface area contributed by atoms with Crippen molar-refractivity contribution in [3.05, 3.63) is 68.2 Å². The number of thiophene rings is 1. The lowest BCUT2D eigenvalue weighted by atomic mass is 10.1. The predicted octanol–water partition coefficient (Wildman–Crippen LogP) is 2.01. The first-order valence-corrected chi connectivity index (χ1v) is 10.4. The molecule has 0 aliphatic carbocycles. The molecule has 0 radical (unpaired) electrons. The number of aromatic nitrogens is 2. The Morgan fingerprint density at radius 3 is 2.66 bits per heavy atom. The molecule has 0 aliphatic rings. The largest absolute Gasteiger partial charge is 0.383 e. The van der Waals surface area contributed by atoms with E-state index in [-0.39, 0.29) is 37.2 Å². The molecule has 0 saturated heterocycles. The Hall–Kier alpha value is -2.71. The monoisotopic (exact) mass is 415 g/mol. The number of carbonyl (C=O) groups excluding carboxylic acids is 1. The van der Waals surface area contributed by atoms with E-state index in [9.17, 15) is 14.4 Å². The van der Waals surface area contributed by atoms with Gasteiger partial charge >= 0.3 is 5.69 Å². The molecule has 3 aromatic rings. The van der Waals surface area contributed by atoms with Gasteiger partial charge in [-0.25, -0.2) is 4.79 Å². The molecule has 0 aliphatic heterocycles. The standard InChI is InChI=1S/C21H25N3O4S/c1-15(8-9-16-6-4-3-5-7-16)22-18(25)14-24-17-10-13-29-19(17)20(26)23(21(24)27)11-12-28-2/h3-7,10,13,15H,8-9,11-12,14H2,1-2H3,(H,22,25). The summed E-state index contributed by atoms with van der Waals surface area (Å²) >= 11 is 1.27. The molecule has 1 N–H and O–H groups in total. The fourth-order valence-corrected chi connectivity index (χ4v) is 4.07. The molecule has 0 bridgehead atoms. The zero-order valence-electron chi connectivity index (χ0n) is 16.6. The number of aryl methyl sites for hydroxylation is 1. The van der Waals surface area contributed by atoms with E-state index in [1.807, 2.05) is 25.1 Å². The van der Waals surface area contributed by atoms with Gasteiger partial charge in [-0.15, -0.1) is 11.3 Å². The third-order valence-electron chi connectivity index (χ3n) is 4.77. The van der Waals surface area contributed by atoms with Crippen LogP contribution < -0.4 is 16.6 Å². The van der Waals surface area contributed by atoms with Crippen LogP contribution in [-0.4, -0.2) is 34.8 Å². The number of hydrogen-bond donors (Lipinski definition) is 1. The minimum absolute atomic E-state index is 0.0317. The highest BCUT2D eigenvalue weighted by Gasteiger charge is 2.17. The summed E-state index contributed by atoms with van der Waals surface area (Å²) in [6.07, 6.45) is 1.66. The molecular weight excluding hydrogens is 390 g/mol. The van der Waals surface area contributed by atoms with Gasteiger partial charge in [-0.3, -0.25) is 18.7 Å². The van der Waals surface area contributed by atoms with Crippen molar-refractivity contribution in [2.75, 3.05) is 13.7 Å². The van der Waals surface area contributed by atoms with Gasteiger partial charge in [0.15, 0.2) is 0 Å². The average molecular weight is 416 g/mol. The van der Waals surface area contributed by atoms with E-state index in [1.54, 1.807) is 11.4 Å². The minimum atomic E-state index is -0.495. The predicted molar refractivity (Wildman–Crippen MR) is 115 cm³/mol. The molecular formula is C21H25N3O4S. The van der Waals surface area contributed by atoms with Crippen LogP contribution in [0.4, 0.5) is 0 Å². The van der Waals surface area contributed by atoms with Crippen LogP contribution in [0.5, 0.6) is 0 Å². The van der Waals surface area contributed by atoms with E-state index >= 15 is 0 Å². The lowest BCUT2D eigenvalue weighted by molar-refractivity contribution is -0.122. The molecule has 1 unspecified atom stereocenters. The molecule has 2 aromatic heterocycles. The van der Waals surface area contributed by atoms with Crippen LogP contribution in [0.3, 0.4) is 0 Å². The van der Waals surface area contributed by atoms with Gasteiger partial charge in [0.05, 0.1) is 18.7 Å². The second kappa shape index (κ2) is 9.67. The third-order valence-corrected chi connectivity index (χ3v) is 5.67. The van der Waals surface area contributed by atoms with E-state index in [0.29, 0.717) is 10.2 Å². The smallest absolute Gasteiger partial charge is 0.332 e.